The van der Waals surface area contributed by atoms with Crippen molar-refractivity contribution in [3.05, 3.63) is 87.7 Å². The molecular formula is C25H24Cl2N4O2. The molecule has 3 heterocycles. The third kappa shape index (κ3) is 4.21. The fourth-order valence-electron chi connectivity index (χ4n) is 4.61. The van der Waals surface area contributed by atoms with Gasteiger partial charge in [-0.3, -0.25) is 4.79 Å². The summed E-state index contributed by atoms with van der Waals surface area (Å²) in [5.74, 6) is 1.61. The van der Waals surface area contributed by atoms with Gasteiger partial charge in [0.05, 0.1) is 27.9 Å². The van der Waals surface area contributed by atoms with Crippen LogP contribution in [0.1, 0.15) is 31.4 Å². The molecule has 2 aliphatic heterocycles. The number of aromatic nitrogens is 2. The lowest BCUT2D eigenvalue weighted by Gasteiger charge is -2.33. The second-order valence-electron chi connectivity index (χ2n) is 8.32. The monoisotopic (exact) mass is 482 g/mol. The Morgan fingerprint density at radius 1 is 1.15 bits per heavy atom. The van der Waals surface area contributed by atoms with Gasteiger partial charge in [-0.1, -0.05) is 47.5 Å². The van der Waals surface area contributed by atoms with Crippen molar-refractivity contribution >= 4 is 34.9 Å². The SMILES string of the molecule is CC1=C(C(=O)N2CCCC2COc2ccccc2)C(c2ccc(Cl)c(Cl)c2)n2nccc2N1. The van der Waals surface area contributed by atoms with Gasteiger partial charge in [0.2, 0.25) is 0 Å². The van der Waals surface area contributed by atoms with E-state index >= 15 is 0 Å². The minimum absolute atomic E-state index is 0.00600. The first-order valence-electron chi connectivity index (χ1n) is 11.0. The van der Waals surface area contributed by atoms with Gasteiger partial charge in [-0.25, -0.2) is 4.68 Å². The highest BCUT2D eigenvalue weighted by atomic mass is 35.5. The Balaban J connectivity index is 1.46. The average molecular weight is 483 g/mol. The first-order chi connectivity index (χ1) is 16.0. The molecule has 2 aliphatic rings. The Bertz CT molecular complexity index is 1210. The number of carbonyl (C=O) groups is 1. The predicted molar refractivity (Wildman–Crippen MR) is 130 cm³/mol. The molecule has 2 atom stereocenters. The number of hydrogen-bond acceptors (Lipinski definition) is 4. The van der Waals surface area contributed by atoms with E-state index in [1.165, 1.54) is 0 Å². The van der Waals surface area contributed by atoms with E-state index < -0.39 is 6.04 Å². The second kappa shape index (κ2) is 9.12. The first kappa shape index (κ1) is 21.9. The number of nitrogens with one attached hydrogen (secondary N) is 1. The van der Waals surface area contributed by atoms with Crippen molar-refractivity contribution in [1.29, 1.82) is 0 Å². The van der Waals surface area contributed by atoms with E-state index in [0.29, 0.717) is 28.8 Å². The maximum atomic E-state index is 14.0. The zero-order chi connectivity index (χ0) is 22.9. The van der Waals surface area contributed by atoms with Crippen LogP contribution in [0.15, 0.2) is 72.1 Å². The number of nitrogens with zero attached hydrogens (tertiary/aromatic N) is 3. The summed E-state index contributed by atoms with van der Waals surface area (Å²) in [6, 6.07) is 16.7. The minimum Gasteiger partial charge on any atom is -0.491 e. The molecule has 1 saturated heterocycles. The highest BCUT2D eigenvalue weighted by molar-refractivity contribution is 6.42. The molecule has 6 nitrogen and oxygen atoms in total. The summed E-state index contributed by atoms with van der Waals surface area (Å²) in [5, 5.41) is 8.76. The first-order valence-corrected chi connectivity index (χ1v) is 11.7. The van der Waals surface area contributed by atoms with Crippen molar-refractivity contribution in [2.75, 3.05) is 18.5 Å². The second-order valence-corrected chi connectivity index (χ2v) is 9.13. The molecule has 2 unspecified atom stereocenters. The summed E-state index contributed by atoms with van der Waals surface area (Å²) < 4.78 is 7.82. The highest BCUT2D eigenvalue weighted by Crippen LogP contribution is 2.39. The average Bonchev–Trinajstić information content (AvgIpc) is 3.48. The van der Waals surface area contributed by atoms with Crippen LogP contribution in [0.3, 0.4) is 0 Å². The summed E-state index contributed by atoms with van der Waals surface area (Å²) in [6.45, 7) is 3.08. The van der Waals surface area contributed by atoms with Crippen LogP contribution in [0.4, 0.5) is 5.82 Å². The van der Waals surface area contributed by atoms with Crippen molar-refractivity contribution in [2.45, 2.75) is 31.8 Å². The van der Waals surface area contributed by atoms with Crippen LogP contribution in [0, 0.1) is 0 Å². The maximum absolute atomic E-state index is 14.0. The van der Waals surface area contributed by atoms with E-state index in [9.17, 15) is 4.79 Å². The topological polar surface area (TPSA) is 59.4 Å². The van der Waals surface area contributed by atoms with E-state index in [2.05, 4.69) is 10.4 Å². The lowest BCUT2D eigenvalue weighted by Crippen LogP contribution is -2.43. The molecule has 8 heteroatoms. The van der Waals surface area contributed by atoms with Crippen molar-refractivity contribution in [1.82, 2.24) is 14.7 Å². The van der Waals surface area contributed by atoms with Crippen LogP contribution < -0.4 is 10.1 Å². The van der Waals surface area contributed by atoms with Crippen molar-refractivity contribution in [3.63, 3.8) is 0 Å². The van der Waals surface area contributed by atoms with Crippen molar-refractivity contribution < 1.29 is 9.53 Å². The summed E-state index contributed by atoms with van der Waals surface area (Å²) in [4.78, 5) is 15.9. The smallest absolute Gasteiger partial charge is 0.254 e. The molecule has 0 spiro atoms. The van der Waals surface area contributed by atoms with Crippen LogP contribution in [0.5, 0.6) is 5.75 Å². The standard InChI is InChI=1S/C25H24Cl2N4O2/c1-16-23(25(32)30-13-5-6-18(30)15-33-19-7-3-2-4-8-19)24(31-22(29-16)11-12-28-31)17-9-10-20(26)21(27)14-17/h2-4,7-12,14,18,24,29H,5-6,13,15H2,1H3. The molecular weight excluding hydrogens is 459 g/mol. The van der Waals surface area contributed by atoms with E-state index in [4.69, 9.17) is 27.9 Å². The van der Waals surface area contributed by atoms with Gasteiger partial charge >= 0.3 is 0 Å². The van der Waals surface area contributed by atoms with Crippen molar-refractivity contribution in [2.24, 2.45) is 0 Å². The molecule has 3 aromatic rings. The van der Waals surface area contributed by atoms with Gasteiger partial charge in [0.1, 0.15) is 24.2 Å². The summed E-state index contributed by atoms with van der Waals surface area (Å²) >= 11 is 12.5. The zero-order valence-electron chi connectivity index (χ0n) is 18.2. The number of fused-ring (bicyclic) bond motifs is 1. The van der Waals surface area contributed by atoms with Gasteiger partial charge in [0.15, 0.2) is 0 Å². The third-order valence-electron chi connectivity index (χ3n) is 6.22. The number of likely N-dealkylation sites (tertiary alicyclic amines) is 1. The number of rotatable bonds is 5. The predicted octanol–water partition coefficient (Wildman–Crippen LogP) is 5.55. The molecule has 0 aliphatic carbocycles. The van der Waals surface area contributed by atoms with Gasteiger partial charge in [-0.2, -0.15) is 5.10 Å². The number of amides is 1. The van der Waals surface area contributed by atoms with E-state index in [0.717, 1.165) is 35.7 Å². The zero-order valence-corrected chi connectivity index (χ0v) is 19.7. The number of halogens is 2. The normalized spacial score (nSPS) is 19.9. The van der Waals surface area contributed by atoms with Gasteiger partial charge in [0.25, 0.3) is 5.91 Å². The fourth-order valence-corrected chi connectivity index (χ4v) is 4.92. The summed E-state index contributed by atoms with van der Waals surface area (Å²) in [6.07, 6.45) is 3.57. The number of para-hydroxylation sites is 1. The van der Waals surface area contributed by atoms with Gasteiger partial charge in [-0.15, -0.1) is 0 Å². The number of benzene rings is 2. The van der Waals surface area contributed by atoms with Gasteiger partial charge in [0, 0.05) is 18.3 Å². The van der Waals surface area contributed by atoms with E-state index in [1.54, 1.807) is 12.3 Å². The number of allylic oxidation sites excluding steroid dienone is 1. The third-order valence-corrected chi connectivity index (χ3v) is 6.96. The van der Waals surface area contributed by atoms with Crippen LogP contribution in [-0.2, 0) is 4.79 Å². The minimum atomic E-state index is -0.408. The Kier molecular flexibility index (Phi) is 6.04. The molecule has 0 bridgehead atoms. The Labute approximate surface area is 202 Å². The maximum Gasteiger partial charge on any atom is 0.254 e. The molecule has 1 N–H and O–H groups in total. The molecule has 170 valence electrons. The van der Waals surface area contributed by atoms with E-state index in [1.807, 2.05) is 65.0 Å². The quantitative estimate of drug-likeness (QED) is 0.517. The number of carbonyl (C=O) groups excluding carboxylic acids is 1. The molecule has 0 saturated carbocycles. The Morgan fingerprint density at radius 3 is 2.76 bits per heavy atom. The largest absolute Gasteiger partial charge is 0.491 e. The molecule has 1 fully saturated rings. The molecule has 5 rings (SSSR count). The lowest BCUT2D eigenvalue weighted by atomic mass is 9.94. The van der Waals surface area contributed by atoms with Gasteiger partial charge < -0.3 is 15.0 Å². The highest BCUT2D eigenvalue weighted by Gasteiger charge is 2.38. The summed E-state index contributed by atoms with van der Waals surface area (Å²) in [7, 11) is 0. The van der Waals surface area contributed by atoms with Crippen molar-refractivity contribution in [3.8, 4) is 5.75 Å². The van der Waals surface area contributed by atoms with Crippen LogP contribution in [0.2, 0.25) is 10.0 Å². The Morgan fingerprint density at radius 2 is 1.97 bits per heavy atom. The number of ether oxygens (including phenoxy) is 1. The summed E-state index contributed by atoms with van der Waals surface area (Å²) in [5.41, 5.74) is 2.31. The molecule has 1 amide bonds. The lowest BCUT2D eigenvalue weighted by molar-refractivity contribution is -0.129. The number of hydrogen-bond donors (Lipinski definition) is 1. The van der Waals surface area contributed by atoms with Gasteiger partial charge in [-0.05, 0) is 49.6 Å². The Hall–Kier alpha value is -2.96. The molecule has 2 aromatic carbocycles. The van der Waals surface area contributed by atoms with Crippen LogP contribution in [0.25, 0.3) is 0 Å². The molecule has 0 radical (unpaired) electrons. The van der Waals surface area contributed by atoms with Crippen LogP contribution >= 0.6 is 23.2 Å². The fraction of sp³-hybridized carbons (Fsp3) is 0.280. The van der Waals surface area contributed by atoms with E-state index in [-0.39, 0.29) is 11.9 Å². The van der Waals surface area contributed by atoms with Crippen LogP contribution in [-0.4, -0.2) is 39.8 Å². The number of anilines is 1. The molecule has 33 heavy (non-hydrogen) atoms. The molecule has 1 aromatic heterocycles.